The van der Waals surface area contributed by atoms with Gasteiger partial charge in [-0.05, 0) is 29.2 Å². The molecule has 0 radical (unpaired) electrons. The first-order chi connectivity index (χ1) is 13.6. The second-order valence-electron chi connectivity index (χ2n) is 7.44. The molecule has 2 aromatic carbocycles. The Hall–Kier alpha value is -1.98. The Balaban J connectivity index is 1.50. The summed E-state index contributed by atoms with van der Waals surface area (Å²) in [5.74, 6) is 1.26. The molecule has 1 fully saturated rings. The second-order valence-corrected chi connectivity index (χ2v) is 8.57. The Morgan fingerprint density at radius 3 is 2.36 bits per heavy atom. The zero-order valence-corrected chi connectivity index (χ0v) is 17.6. The van der Waals surface area contributed by atoms with E-state index >= 15 is 0 Å². The SMILES string of the molecule is CC(C)C(SCc1ccccc1)C(=O)NCc1ccc(N2CCOCC2)cc1. The van der Waals surface area contributed by atoms with Crippen LogP contribution in [0.25, 0.3) is 0 Å². The van der Waals surface area contributed by atoms with E-state index < -0.39 is 0 Å². The Labute approximate surface area is 172 Å². The summed E-state index contributed by atoms with van der Waals surface area (Å²) in [4.78, 5) is 15.1. The van der Waals surface area contributed by atoms with E-state index in [2.05, 4.69) is 60.5 Å². The molecule has 1 amide bonds. The summed E-state index contributed by atoms with van der Waals surface area (Å²) >= 11 is 1.72. The lowest BCUT2D eigenvalue weighted by Crippen LogP contribution is -2.36. The molecule has 0 aliphatic carbocycles. The van der Waals surface area contributed by atoms with Crippen LogP contribution in [0.4, 0.5) is 5.69 Å². The fourth-order valence-corrected chi connectivity index (χ4v) is 4.45. The fraction of sp³-hybridized carbons (Fsp3) is 0.435. The van der Waals surface area contributed by atoms with Crippen molar-refractivity contribution in [2.75, 3.05) is 31.2 Å². The van der Waals surface area contributed by atoms with Gasteiger partial charge in [-0.3, -0.25) is 4.79 Å². The van der Waals surface area contributed by atoms with Crippen LogP contribution in [0.5, 0.6) is 0 Å². The summed E-state index contributed by atoms with van der Waals surface area (Å²) in [6.45, 7) is 8.23. The Bertz CT molecular complexity index is 728. The lowest BCUT2D eigenvalue weighted by atomic mass is 10.1. The maximum Gasteiger partial charge on any atom is 0.233 e. The standard InChI is InChI=1S/C23H30N2O2S/c1-18(2)22(28-17-20-6-4-3-5-7-20)23(26)24-16-19-8-10-21(11-9-19)25-12-14-27-15-13-25/h3-11,18,22H,12-17H2,1-2H3,(H,24,26). The number of nitrogens with zero attached hydrogens (tertiary/aromatic N) is 1. The van der Waals surface area contributed by atoms with Gasteiger partial charge in [0.1, 0.15) is 0 Å². The van der Waals surface area contributed by atoms with Crippen molar-refractivity contribution in [2.24, 2.45) is 5.92 Å². The second kappa shape index (κ2) is 10.5. The van der Waals surface area contributed by atoms with Crippen LogP contribution in [0.15, 0.2) is 54.6 Å². The van der Waals surface area contributed by atoms with E-state index in [1.165, 1.54) is 11.3 Å². The number of benzene rings is 2. The van der Waals surface area contributed by atoms with Crippen molar-refractivity contribution >= 4 is 23.4 Å². The topological polar surface area (TPSA) is 41.6 Å². The normalized spacial score (nSPS) is 15.5. The van der Waals surface area contributed by atoms with Crippen molar-refractivity contribution < 1.29 is 9.53 Å². The van der Waals surface area contributed by atoms with Crippen LogP contribution in [-0.2, 0) is 21.8 Å². The molecule has 28 heavy (non-hydrogen) atoms. The minimum absolute atomic E-state index is 0.0483. The predicted octanol–water partition coefficient (Wildman–Crippen LogP) is 4.10. The molecular formula is C23H30N2O2S. The van der Waals surface area contributed by atoms with Gasteiger partial charge in [-0.15, -0.1) is 11.8 Å². The highest BCUT2D eigenvalue weighted by Gasteiger charge is 2.22. The molecule has 1 heterocycles. The van der Waals surface area contributed by atoms with Crippen LogP contribution in [0.3, 0.4) is 0 Å². The molecular weight excluding hydrogens is 368 g/mol. The quantitative estimate of drug-likeness (QED) is 0.727. The van der Waals surface area contributed by atoms with Crippen molar-refractivity contribution in [3.05, 3.63) is 65.7 Å². The molecule has 0 aromatic heterocycles. The molecule has 1 aliphatic rings. The molecule has 1 N–H and O–H groups in total. The highest BCUT2D eigenvalue weighted by Crippen LogP contribution is 2.24. The van der Waals surface area contributed by atoms with Crippen molar-refractivity contribution in [3.8, 4) is 0 Å². The van der Waals surface area contributed by atoms with Crippen molar-refractivity contribution in [1.29, 1.82) is 0 Å². The van der Waals surface area contributed by atoms with E-state index in [1.807, 2.05) is 18.2 Å². The van der Waals surface area contributed by atoms with Crippen LogP contribution < -0.4 is 10.2 Å². The predicted molar refractivity (Wildman–Crippen MR) is 118 cm³/mol. The number of hydrogen-bond acceptors (Lipinski definition) is 4. The highest BCUT2D eigenvalue weighted by molar-refractivity contribution is 7.99. The van der Waals surface area contributed by atoms with Crippen LogP contribution in [0, 0.1) is 5.92 Å². The van der Waals surface area contributed by atoms with E-state index in [0.29, 0.717) is 6.54 Å². The molecule has 1 unspecified atom stereocenters. The number of rotatable bonds is 8. The first-order valence-electron chi connectivity index (χ1n) is 9.98. The molecule has 1 aliphatic heterocycles. The summed E-state index contributed by atoms with van der Waals surface area (Å²) in [5.41, 5.74) is 3.60. The zero-order chi connectivity index (χ0) is 19.8. The van der Waals surface area contributed by atoms with E-state index in [-0.39, 0.29) is 17.1 Å². The van der Waals surface area contributed by atoms with Gasteiger partial charge in [0.25, 0.3) is 0 Å². The number of nitrogens with one attached hydrogen (secondary N) is 1. The number of hydrogen-bond donors (Lipinski definition) is 1. The summed E-state index contributed by atoms with van der Waals surface area (Å²) in [7, 11) is 0. The molecule has 2 aromatic rings. The lowest BCUT2D eigenvalue weighted by Gasteiger charge is -2.29. The smallest absolute Gasteiger partial charge is 0.233 e. The molecule has 0 bridgehead atoms. The molecule has 3 rings (SSSR count). The van der Waals surface area contributed by atoms with Crippen LogP contribution in [0.1, 0.15) is 25.0 Å². The lowest BCUT2D eigenvalue weighted by molar-refractivity contribution is -0.121. The number of carbonyl (C=O) groups is 1. The van der Waals surface area contributed by atoms with E-state index in [4.69, 9.17) is 4.74 Å². The van der Waals surface area contributed by atoms with Gasteiger partial charge in [-0.2, -0.15) is 0 Å². The van der Waals surface area contributed by atoms with Gasteiger partial charge in [-0.25, -0.2) is 0 Å². The molecule has 0 saturated carbocycles. The molecule has 1 atom stereocenters. The third-order valence-electron chi connectivity index (χ3n) is 4.92. The molecule has 5 heteroatoms. The number of ether oxygens (including phenoxy) is 1. The summed E-state index contributed by atoms with van der Waals surface area (Å²) in [6.07, 6.45) is 0. The summed E-state index contributed by atoms with van der Waals surface area (Å²) in [5, 5.41) is 3.07. The van der Waals surface area contributed by atoms with Crippen LogP contribution in [-0.4, -0.2) is 37.5 Å². The largest absolute Gasteiger partial charge is 0.378 e. The first-order valence-corrected chi connectivity index (χ1v) is 11.0. The summed E-state index contributed by atoms with van der Waals surface area (Å²) < 4.78 is 5.41. The monoisotopic (exact) mass is 398 g/mol. The van der Waals surface area contributed by atoms with Crippen molar-refractivity contribution in [3.63, 3.8) is 0 Å². The summed E-state index contributed by atoms with van der Waals surface area (Å²) in [6, 6.07) is 18.8. The maximum atomic E-state index is 12.7. The van der Waals surface area contributed by atoms with Gasteiger partial charge >= 0.3 is 0 Å². The zero-order valence-electron chi connectivity index (χ0n) is 16.8. The van der Waals surface area contributed by atoms with E-state index in [9.17, 15) is 4.79 Å². The number of amides is 1. The molecule has 0 spiro atoms. The molecule has 1 saturated heterocycles. The van der Waals surface area contributed by atoms with Crippen LogP contribution >= 0.6 is 11.8 Å². The average molecular weight is 399 g/mol. The third-order valence-corrected chi connectivity index (χ3v) is 6.53. The molecule has 4 nitrogen and oxygen atoms in total. The van der Waals surface area contributed by atoms with E-state index in [0.717, 1.165) is 37.6 Å². The Kier molecular flexibility index (Phi) is 7.80. The maximum absolute atomic E-state index is 12.7. The fourth-order valence-electron chi connectivity index (χ4n) is 3.27. The number of thioether (sulfide) groups is 1. The van der Waals surface area contributed by atoms with Gasteiger partial charge in [0.05, 0.1) is 18.5 Å². The van der Waals surface area contributed by atoms with Gasteiger partial charge in [0.15, 0.2) is 0 Å². The number of anilines is 1. The minimum atomic E-state index is -0.0483. The van der Waals surface area contributed by atoms with Gasteiger partial charge < -0.3 is 15.0 Å². The van der Waals surface area contributed by atoms with Crippen LogP contribution in [0.2, 0.25) is 0 Å². The Morgan fingerprint density at radius 1 is 1.04 bits per heavy atom. The van der Waals surface area contributed by atoms with Gasteiger partial charge in [0.2, 0.25) is 5.91 Å². The first kappa shape index (κ1) is 20.7. The number of carbonyl (C=O) groups excluding carboxylic acids is 1. The third kappa shape index (κ3) is 6.01. The van der Waals surface area contributed by atoms with Crippen molar-refractivity contribution in [2.45, 2.75) is 31.4 Å². The average Bonchev–Trinajstić information content (AvgIpc) is 2.74. The highest BCUT2D eigenvalue weighted by atomic mass is 32.2. The van der Waals surface area contributed by atoms with Crippen molar-refractivity contribution in [1.82, 2.24) is 5.32 Å². The minimum Gasteiger partial charge on any atom is -0.378 e. The van der Waals surface area contributed by atoms with Gasteiger partial charge in [-0.1, -0.05) is 56.3 Å². The number of morpholine rings is 1. The van der Waals surface area contributed by atoms with E-state index in [1.54, 1.807) is 11.8 Å². The Morgan fingerprint density at radius 2 is 1.71 bits per heavy atom. The van der Waals surface area contributed by atoms with Gasteiger partial charge in [0, 0.05) is 31.1 Å². The molecule has 150 valence electrons.